The number of amides is 1. The molecule has 1 aromatic carbocycles. The number of nitrogens with one attached hydrogen (secondary N) is 1. The Labute approximate surface area is 125 Å². The van der Waals surface area contributed by atoms with Gasteiger partial charge in [-0.1, -0.05) is 13.0 Å². The summed E-state index contributed by atoms with van der Waals surface area (Å²) >= 11 is 0. The Balaban J connectivity index is 1.53. The van der Waals surface area contributed by atoms with Crippen LogP contribution in [0.4, 0.5) is 0 Å². The molecule has 0 saturated carbocycles. The number of hydrogen-bond acceptors (Lipinski definition) is 3. The monoisotopic (exact) mass is 286 g/mol. The van der Waals surface area contributed by atoms with E-state index in [4.69, 9.17) is 0 Å². The zero-order chi connectivity index (χ0) is 14.7. The molecule has 1 aliphatic heterocycles. The maximum Gasteiger partial charge on any atom is 0.222 e. The first kappa shape index (κ1) is 14.1. The van der Waals surface area contributed by atoms with E-state index in [1.807, 2.05) is 11.0 Å². The average Bonchev–Trinajstić information content (AvgIpc) is 3.00. The molecule has 1 N–H and O–H groups in total. The summed E-state index contributed by atoms with van der Waals surface area (Å²) in [6, 6.07) is 6.15. The zero-order valence-electron chi connectivity index (χ0n) is 12.5. The van der Waals surface area contributed by atoms with E-state index >= 15 is 0 Å². The van der Waals surface area contributed by atoms with Gasteiger partial charge in [-0.3, -0.25) is 4.79 Å². The maximum atomic E-state index is 12.3. The molecule has 0 unspecified atom stereocenters. The number of benzene rings is 1. The van der Waals surface area contributed by atoms with Crippen LogP contribution in [0.25, 0.3) is 11.0 Å². The van der Waals surface area contributed by atoms with Crippen LogP contribution >= 0.6 is 0 Å². The summed E-state index contributed by atoms with van der Waals surface area (Å²) in [4.78, 5) is 24.0. The number of imidazole rings is 1. The van der Waals surface area contributed by atoms with Crippen molar-refractivity contribution >= 4 is 16.9 Å². The van der Waals surface area contributed by atoms with Crippen LogP contribution in [0.5, 0.6) is 0 Å². The predicted octanol–water partition coefficient (Wildman–Crippen LogP) is 1.66. The summed E-state index contributed by atoms with van der Waals surface area (Å²) in [6.07, 6.45) is 3.08. The molecule has 0 spiro atoms. The number of fused-ring (bicyclic) bond motifs is 1. The van der Waals surface area contributed by atoms with Crippen molar-refractivity contribution in [2.75, 3.05) is 32.7 Å². The molecule has 0 radical (unpaired) electrons. The van der Waals surface area contributed by atoms with Gasteiger partial charge in [-0.05, 0) is 30.7 Å². The minimum atomic E-state index is 0.274. The van der Waals surface area contributed by atoms with E-state index in [0.717, 1.165) is 50.2 Å². The summed E-state index contributed by atoms with van der Waals surface area (Å²) in [7, 11) is 0. The Kier molecular flexibility index (Phi) is 4.20. The van der Waals surface area contributed by atoms with Crippen molar-refractivity contribution in [1.82, 2.24) is 19.8 Å². The third-order valence-corrected chi connectivity index (χ3v) is 4.28. The summed E-state index contributed by atoms with van der Waals surface area (Å²) in [6.45, 7) is 6.98. The molecule has 0 aliphatic carbocycles. The van der Waals surface area contributed by atoms with Gasteiger partial charge in [-0.2, -0.15) is 0 Å². The van der Waals surface area contributed by atoms with Gasteiger partial charge in [0, 0.05) is 32.6 Å². The number of carbonyl (C=O) groups excluding carboxylic acids is 1. The fourth-order valence-corrected chi connectivity index (χ4v) is 2.86. The lowest BCUT2D eigenvalue weighted by atomic mass is 10.1. The standard InChI is InChI=1S/C16H22N4O/c1-2-19-7-9-20(10-8-19)16(21)6-4-13-3-5-14-15(11-13)18-12-17-14/h3,5,11-12H,2,4,6-10H2,1H3,(H,17,18). The van der Waals surface area contributed by atoms with E-state index in [1.165, 1.54) is 5.56 Å². The van der Waals surface area contributed by atoms with E-state index < -0.39 is 0 Å². The molecule has 2 aromatic rings. The van der Waals surface area contributed by atoms with Gasteiger partial charge in [0.05, 0.1) is 17.4 Å². The highest BCUT2D eigenvalue weighted by molar-refractivity contribution is 5.77. The molecule has 0 bridgehead atoms. The Morgan fingerprint density at radius 3 is 2.86 bits per heavy atom. The Morgan fingerprint density at radius 1 is 1.29 bits per heavy atom. The van der Waals surface area contributed by atoms with Crippen LogP contribution in [0, 0.1) is 0 Å². The molecule has 1 fully saturated rings. The minimum Gasteiger partial charge on any atom is -0.345 e. The smallest absolute Gasteiger partial charge is 0.222 e. The molecule has 2 heterocycles. The summed E-state index contributed by atoms with van der Waals surface area (Å²) in [5.41, 5.74) is 3.20. The van der Waals surface area contributed by atoms with Gasteiger partial charge < -0.3 is 14.8 Å². The lowest BCUT2D eigenvalue weighted by molar-refractivity contribution is -0.132. The summed E-state index contributed by atoms with van der Waals surface area (Å²) in [5, 5.41) is 0. The lowest BCUT2D eigenvalue weighted by Gasteiger charge is -2.34. The third kappa shape index (κ3) is 3.24. The predicted molar refractivity (Wildman–Crippen MR) is 83.1 cm³/mol. The Bertz CT molecular complexity index is 614. The number of H-pyrrole nitrogens is 1. The topological polar surface area (TPSA) is 52.2 Å². The van der Waals surface area contributed by atoms with Crippen molar-refractivity contribution in [1.29, 1.82) is 0 Å². The zero-order valence-corrected chi connectivity index (χ0v) is 12.5. The number of aromatic amines is 1. The number of piperazine rings is 1. The van der Waals surface area contributed by atoms with E-state index in [0.29, 0.717) is 6.42 Å². The fourth-order valence-electron chi connectivity index (χ4n) is 2.86. The van der Waals surface area contributed by atoms with Crippen molar-refractivity contribution in [3.05, 3.63) is 30.1 Å². The van der Waals surface area contributed by atoms with Gasteiger partial charge >= 0.3 is 0 Å². The van der Waals surface area contributed by atoms with E-state index in [1.54, 1.807) is 6.33 Å². The van der Waals surface area contributed by atoms with E-state index in [9.17, 15) is 4.79 Å². The molecule has 5 heteroatoms. The maximum absolute atomic E-state index is 12.3. The van der Waals surface area contributed by atoms with Gasteiger partial charge in [0.25, 0.3) is 0 Å². The molecule has 1 amide bonds. The van der Waals surface area contributed by atoms with Crippen LogP contribution in [-0.4, -0.2) is 58.4 Å². The molecule has 3 rings (SSSR count). The number of rotatable bonds is 4. The Morgan fingerprint density at radius 2 is 2.10 bits per heavy atom. The molecule has 5 nitrogen and oxygen atoms in total. The molecule has 0 atom stereocenters. The Hall–Kier alpha value is -1.88. The van der Waals surface area contributed by atoms with Crippen molar-refractivity contribution < 1.29 is 4.79 Å². The number of aryl methyl sites for hydroxylation is 1. The van der Waals surface area contributed by atoms with Crippen LogP contribution in [0.3, 0.4) is 0 Å². The van der Waals surface area contributed by atoms with Crippen LogP contribution in [0.2, 0.25) is 0 Å². The van der Waals surface area contributed by atoms with Gasteiger partial charge in [0.2, 0.25) is 5.91 Å². The summed E-state index contributed by atoms with van der Waals surface area (Å²) < 4.78 is 0. The van der Waals surface area contributed by atoms with Crippen LogP contribution in [-0.2, 0) is 11.2 Å². The second-order valence-corrected chi connectivity index (χ2v) is 5.57. The number of likely N-dealkylation sites (N-methyl/N-ethyl adjacent to an activating group) is 1. The SMILES string of the molecule is CCN1CCN(C(=O)CCc2ccc3nc[nH]c3c2)CC1. The van der Waals surface area contributed by atoms with Crippen LogP contribution in [0.15, 0.2) is 24.5 Å². The first-order chi connectivity index (χ1) is 10.3. The second-order valence-electron chi connectivity index (χ2n) is 5.57. The van der Waals surface area contributed by atoms with Gasteiger partial charge in [0.1, 0.15) is 0 Å². The number of carbonyl (C=O) groups is 1. The first-order valence-electron chi connectivity index (χ1n) is 7.68. The lowest BCUT2D eigenvalue weighted by Crippen LogP contribution is -2.48. The van der Waals surface area contributed by atoms with Gasteiger partial charge in [-0.15, -0.1) is 0 Å². The first-order valence-corrected chi connectivity index (χ1v) is 7.68. The van der Waals surface area contributed by atoms with Crippen molar-refractivity contribution in [3.8, 4) is 0 Å². The minimum absolute atomic E-state index is 0.274. The largest absolute Gasteiger partial charge is 0.345 e. The average molecular weight is 286 g/mol. The molecule has 1 saturated heterocycles. The number of hydrogen-bond donors (Lipinski definition) is 1. The summed E-state index contributed by atoms with van der Waals surface area (Å²) in [5.74, 6) is 0.274. The fraction of sp³-hybridized carbons (Fsp3) is 0.500. The third-order valence-electron chi connectivity index (χ3n) is 4.28. The quantitative estimate of drug-likeness (QED) is 0.930. The number of aromatic nitrogens is 2. The van der Waals surface area contributed by atoms with Gasteiger partial charge in [0.15, 0.2) is 0 Å². The molecule has 112 valence electrons. The van der Waals surface area contributed by atoms with Crippen molar-refractivity contribution in [2.24, 2.45) is 0 Å². The normalized spacial score (nSPS) is 16.5. The van der Waals surface area contributed by atoms with E-state index in [2.05, 4.69) is 33.9 Å². The second kappa shape index (κ2) is 6.26. The van der Waals surface area contributed by atoms with Crippen LogP contribution < -0.4 is 0 Å². The highest BCUT2D eigenvalue weighted by atomic mass is 16.2. The molecule has 1 aromatic heterocycles. The number of nitrogens with zero attached hydrogens (tertiary/aromatic N) is 3. The van der Waals surface area contributed by atoms with Gasteiger partial charge in [-0.25, -0.2) is 4.98 Å². The highest BCUT2D eigenvalue weighted by Gasteiger charge is 2.19. The molecular weight excluding hydrogens is 264 g/mol. The van der Waals surface area contributed by atoms with Crippen molar-refractivity contribution in [3.63, 3.8) is 0 Å². The van der Waals surface area contributed by atoms with E-state index in [-0.39, 0.29) is 5.91 Å². The van der Waals surface area contributed by atoms with Crippen molar-refractivity contribution in [2.45, 2.75) is 19.8 Å². The van der Waals surface area contributed by atoms with Crippen LogP contribution in [0.1, 0.15) is 18.9 Å². The molecular formula is C16H22N4O. The molecule has 21 heavy (non-hydrogen) atoms. The highest BCUT2D eigenvalue weighted by Crippen LogP contribution is 2.14. The molecule has 1 aliphatic rings.